The van der Waals surface area contributed by atoms with Crippen LogP contribution in [0.15, 0.2) is 0 Å². The summed E-state index contributed by atoms with van der Waals surface area (Å²) in [5.41, 5.74) is 0. The first-order valence-corrected chi connectivity index (χ1v) is 7.13. The number of nitrogens with one attached hydrogen (secondary N) is 1. The summed E-state index contributed by atoms with van der Waals surface area (Å²) >= 11 is 0. The van der Waals surface area contributed by atoms with Crippen LogP contribution in [0.3, 0.4) is 0 Å². The first-order chi connectivity index (χ1) is 8.91. The topological polar surface area (TPSA) is 69.6 Å². The highest BCUT2D eigenvalue weighted by molar-refractivity contribution is 5.78. The maximum atomic E-state index is 12.3. The lowest BCUT2D eigenvalue weighted by Gasteiger charge is -2.35. The molecule has 1 rings (SSSR count). The number of amides is 1. The highest BCUT2D eigenvalue weighted by Gasteiger charge is 2.27. The molecule has 5 heteroatoms. The van der Waals surface area contributed by atoms with E-state index in [1.165, 1.54) is 0 Å². The number of hydrogen-bond donors (Lipinski definition) is 2. The molecule has 1 saturated heterocycles. The zero-order chi connectivity index (χ0) is 14.4. The summed E-state index contributed by atoms with van der Waals surface area (Å²) in [6.45, 7) is 8.38. The molecule has 0 radical (unpaired) electrons. The Hall–Kier alpha value is -1.10. The van der Waals surface area contributed by atoms with E-state index in [0.29, 0.717) is 18.4 Å². The van der Waals surface area contributed by atoms with Crippen LogP contribution in [0.1, 0.15) is 33.6 Å². The average molecular weight is 270 g/mol. The second kappa shape index (κ2) is 7.48. The average Bonchev–Trinajstić information content (AvgIpc) is 2.36. The lowest BCUT2D eigenvalue weighted by atomic mass is 9.93. The summed E-state index contributed by atoms with van der Waals surface area (Å²) in [4.78, 5) is 24.7. The molecular formula is C14H26N2O3. The first kappa shape index (κ1) is 16.0. The van der Waals surface area contributed by atoms with Gasteiger partial charge in [-0.25, -0.2) is 0 Å². The van der Waals surface area contributed by atoms with Gasteiger partial charge in [0.25, 0.3) is 0 Å². The Kier molecular flexibility index (Phi) is 6.28. The van der Waals surface area contributed by atoms with Gasteiger partial charge in [0.15, 0.2) is 0 Å². The number of piperidine rings is 1. The third-order valence-corrected chi connectivity index (χ3v) is 3.93. The number of carboxylic acids is 1. The third kappa shape index (κ3) is 5.19. The summed E-state index contributed by atoms with van der Waals surface area (Å²) in [5, 5.41) is 11.5. The molecule has 1 amide bonds. The monoisotopic (exact) mass is 270 g/mol. The van der Waals surface area contributed by atoms with Crippen LogP contribution in [-0.2, 0) is 9.59 Å². The van der Waals surface area contributed by atoms with Crippen LogP contribution in [-0.4, -0.2) is 48.1 Å². The summed E-state index contributed by atoms with van der Waals surface area (Å²) in [7, 11) is 0. The Morgan fingerprint density at radius 3 is 2.63 bits per heavy atom. The number of carboxylic acid groups (broad SMARTS) is 1. The minimum absolute atomic E-state index is 0.00710. The smallest absolute Gasteiger partial charge is 0.317 e. The van der Waals surface area contributed by atoms with Crippen LogP contribution >= 0.6 is 0 Å². The lowest BCUT2D eigenvalue weighted by molar-refractivity contribution is -0.139. The van der Waals surface area contributed by atoms with Gasteiger partial charge in [0.05, 0.1) is 6.54 Å². The fraction of sp³-hybridized carbons (Fsp3) is 0.857. The molecule has 0 saturated carbocycles. The molecule has 1 fully saturated rings. The zero-order valence-electron chi connectivity index (χ0n) is 12.2. The minimum Gasteiger partial charge on any atom is -0.480 e. The molecule has 2 N–H and O–H groups in total. The normalized spacial score (nSPS) is 21.5. The molecule has 5 nitrogen and oxygen atoms in total. The maximum absolute atomic E-state index is 12.3. The Morgan fingerprint density at radius 1 is 1.37 bits per heavy atom. The lowest BCUT2D eigenvalue weighted by Crippen LogP contribution is -2.46. The molecule has 2 atom stereocenters. The quantitative estimate of drug-likeness (QED) is 0.760. The molecule has 0 aromatic rings. The summed E-state index contributed by atoms with van der Waals surface area (Å²) in [5.74, 6) is 0.190. The number of aliphatic carboxylic acids is 1. The van der Waals surface area contributed by atoms with E-state index in [9.17, 15) is 9.59 Å². The molecule has 0 aromatic carbocycles. The minimum atomic E-state index is -0.836. The highest BCUT2D eigenvalue weighted by atomic mass is 16.4. The van der Waals surface area contributed by atoms with Crippen LogP contribution < -0.4 is 5.32 Å². The Labute approximate surface area is 115 Å². The number of hydrogen-bond acceptors (Lipinski definition) is 3. The van der Waals surface area contributed by atoms with E-state index >= 15 is 0 Å². The second-order valence-electron chi connectivity index (χ2n) is 5.85. The van der Waals surface area contributed by atoms with Gasteiger partial charge in [-0.05, 0) is 24.7 Å². The van der Waals surface area contributed by atoms with Crippen molar-refractivity contribution in [2.45, 2.75) is 33.6 Å². The van der Waals surface area contributed by atoms with E-state index in [4.69, 9.17) is 5.11 Å². The van der Waals surface area contributed by atoms with Crippen molar-refractivity contribution in [1.82, 2.24) is 10.2 Å². The van der Waals surface area contributed by atoms with E-state index in [0.717, 1.165) is 25.9 Å². The van der Waals surface area contributed by atoms with Gasteiger partial charge in [0.1, 0.15) is 0 Å². The Bertz CT molecular complexity index is 318. The Balaban J connectivity index is 2.41. The summed E-state index contributed by atoms with van der Waals surface area (Å²) in [6.07, 6.45) is 2.07. The predicted octanol–water partition coefficient (Wildman–Crippen LogP) is 1.19. The van der Waals surface area contributed by atoms with Crippen LogP contribution in [0, 0.1) is 17.8 Å². The predicted molar refractivity (Wildman–Crippen MR) is 73.8 cm³/mol. The molecule has 0 spiro atoms. The van der Waals surface area contributed by atoms with Crippen molar-refractivity contribution < 1.29 is 14.7 Å². The van der Waals surface area contributed by atoms with Gasteiger partial charge in [-0.15, -0.1) is 0 Å². The van der Waals surface area contributed by atoms with Crippen molar-refractivity contribution in [3.63, 3.8) is 0 Å². The molecule has 110 valence electrons. The maximum Gasteiger partial charge on any atom is 0.317 e. The van der Waals surface area contributed by atoms with Gasteiger partial charge in [-0.2, -0.15) is 0 Å². The van der Waals surface area contributed by atoms with Gasteiger partial charge in [-0.1, -0.05) is 20.8 Å². The van der Waals surface area contributed by atoms with Gasteiger partial charge < -0.3 is 15.3 Å². The van der Waals surface area contributed by atoms with Crippen LogP contribution in [0.25, 0.3) is 0 Å². The van der Waals surface area contributed by atoms with Gasteiger partial charge in [0, 0.05) is 25.6 Å². The van der Waals surface area contributed by atoms with Crippen LogP contribution in [0.5, 0.6) is 0 Å². The van der Waals surface area contributed by atoms with Crippen molar-refractivity contribution in [3.8, 4) is 0 Å². The molecule has 0 aliphatic carbocycles. The van der Waals surface area contributed by atoms with Crippen molar-refractivity contribution >= 4 is 11.9 Å². The van der Waals surface area contributed by atoms with E-state index in [1.807, 2.05) is 11.8 Å². The number of likely N-dealkylation sites (tertiary alicyclic amines) is 1. The molecule has 1 heterocycles. The number of carbonyl (C=O) groups is 2. The van der Waals surface area contributed by atoms with Gasteiger partial charge in [0.2, 0.25) is 5.91 Å². The Morgan fingerprint density at radius 2 is 2.05 bits per heavy atom. The first-order valence-electron chi connectivity index (χ1n) is 7.13. The summed E-state index contributed by atoms with van der Waals surface area (Å²) < 4.78 is 0. The van der Waals surface area contributed by atoms with E-state index < -0.39 is 5.97 Å². The van der Waals surface area contributed by atoms with Crippen molar-refractivity contribution in [1.29, 1.82) is 0 Å². The van der Waals surface area contributed by atoms with E-state index in [-0.39, 0.29) is 18.4 Å². The summed E-state index contributed by atoms with van der Waals surface area (Å²) in [6, 6.07) is 0. The van der Waals surface area contributed by atoms with Gasteiger partial charge >= 0.3 is 5.97 Å². The number of carbonyl (C=O) groups excluding carboxylic acids is 1. The highest BCUT2D eigenvalue weighted by Crippen LogP contribution is 2.20. The standard InChI is InChI=1S/C14H26N2O3/c1-10(2)11(3)14(19)16-6-4-5-12(9-16)7-15-8-13(17)18/h10-12,15H,4-9H2,1-3H3,(H,17,18). The molecule has 1 aliphatic rings. The van der Waals surface area contributed by atoms with E-state index in [1.54, 1.807) is 0 Å². The van der Waals surface area contributed by atoms with Crippen molar-refractivity contribution in [3.05, 3.63) is 0 Å². The fourth-order valence-corrected chi connectivity index (χ4v) is 2.39. The zero-order valence-corrected chi connectivity index (χ0v) is 12.2. The van der Waals surface area contributed by atoms with Crippen LogP contribution in [0.4, 0.5) is 0 Å². The number of nitrogens with zero attached hydrogens (tertiary/aromatic N) is 1. The second-order valence-corrected chi connectivity index (χ2v) is 5.85. The van der Waals surface area contributed by atoms with E-state index in [2.05, 4.69) is 19.2 Å². The molecule has 1 aliphatic heterocycles. The van der Waals surface area contributed by atoms with Crippen LogP contribution in [0.2, 0.25) is 0 Å². The molecule has 2 unspecified atom stereocenters. The molecular weight excluding hydrogens is 244 g/mol. The van der Waals surface area contributed by atoms with Crippen molar-refractivity contribution in [2.24, 2.45) is 17.8 Å². The number of rotatable bonds is 6. The van der Waals surface area contributed by atoms with Gasteiger partial charge in [-0.3, -0.25) is 9.59 Å². The molecule has 19 heavy (non-hydrogen) atoms. The van der Waals surface area contributed by atoms with Crippen molar-refractivity contribution in [2.75, 3.05) is 26.2 Å². The SMILES string of the molecule is CC(C)C(C)C(=O)N1CCCC(CNCC(=O)O)C1. The molecule has 0 bridgehead atoms. The third-order valence-electron chi connectivity index (χ3n) is 3.93. The fourth-order valence-electron chi connectivity index (χ4n) is 2.39. The largest absolute Gasteiger partial charge is 0.480 e. The molecule has 0 aromatic heterocycles.